The van der Waals surface area contributed by atoms with Gasteiger partial charge in [-0.05, 0) is 6.42 Å². The standard InChI is InChI=1S/C10H13O2.C5H5.Fe/c11-9-12-8-4-3-7-10-5-1-2-6-10;1-2-4-5-3-1;/h1-2,5-6,9H,3-4,7-8H2;1-5H;/q2*-1;+2. The summed E-state index contributed by atoms with van der Waals surface area (Å²) in [5, 5.41) is 0. The van der Waals surface area contributed by atoms with Gasteiger partial charge in [0.2, 0.25) is 0 Å². The minimum atomic E-state index is 0. The zero-order valence-electron chi connectivity index (χ0n) is 10.3. The number of hydrogen-bond acceptors (Lipinski definition) is 2. The second-order valence-corrected chi connectivity index (χ2v) is 3.68. The Morgan fingerprint density at radius 1 is 1.06 bits per heavy atom. The van der Waals surface area contributed by atoms with Crippen LogP contribution in [0.1, 0.15) is 18.4 Å². The van der Waals surface area contributed by atoms with Crippen LogP contribution in [0.5, 0.6) is 0 Å². The molecule has 0 N–H and O–H groups in total. The second-order valence-electron chi connectivity index (χ2n) is 3.68. The Bertz CT molecular complexity index is 335. The molecule has 0 saturated carbocycles. The average Bonchev–Trinajstić information content (AvgIpc) is 3.05. The monoisotopic (exact) mass is 286 g/mol. The first kappa shape index (κ1) is 16.7. The van der Waals surface area contributed by atoms with Crippen LogP contribution >= 0.6 is 0 Å². The molecule has 3 heteroatoms. The predicted molar refractivity (Wildman–Crippen MR) is 69.0 cm³/mol. The molecule has 2 aromatic rings. The topological polar surface area (TPSA) is 26.3 Å². The zero-order valence-corrected chi connectivity index (χ0v) is 11.4. The Labute approximate surface area is 119 Å². The molecule has 0 aliphatic carbocycles. The average molecular weight is 286 g/mol. The van der Waals surface area contributed by atoms with Crippen molar-refractivity contribution in [1.29, 1.82) is 0 Å². The Morgan fingerprint density at radius 3 is 2.22 bits per heavy atom. The Hall–Kier alpha value is -1.31. The van der Waals surface area contributed by atoms with Crippen LogP contribution in [0.25, 0.3) is 0 Å². The molecule has 0 unspecified atom stereocenters. The second kappa shape index (κ2) is 12.2. The molecule has 0 amide bonds. The fourth-order valence-electron chi connectivity index (χ4n) is 1.46. The van der Waals surface area contributed by atoms with Crippen LogP contribution in [0.3, 0.4) is 0 Å². The van der Waals surface area contributed by atoms with Gasteiger partial charge in [-0.25, -0.2) is 24.3 Å². The molecular weight excluding hydrogens is 268 g/mol. The third-order valence-corrected chi connectivity index (χ3v) is 2.33. The number of rotatable bonds is 6. The third kappa shape index (κ3) is 8.80. The maximum absolute atomic E-state index is 9.77. The molecule has 0 heterocycles. The summed E-state index contributed by atoms with van der Waals surface area (Å²) in [5.74, 6) is 0. The summed E-state index contributed by atoms with van der Waals surface area (Å²) < 4.78 is 4.57. The van der Waals surface area contributed by atoms with Gasteiger partial charge in [0.05, 0.1) is 6.61 Å². The van der Waals surface area contributed by atoms with Gasteiger partial charge in [-0.3, -0.25) is 4.79 Å². The van der Waals surface area contributed by atoms with E-state index in [4.69, 9.17) is 0 Å². The van der Waals surface area contributed by atoms with E-state index >= 15 is 0 Å². The van der Waals surface area contributed by atoms with E-state index in [1.54, 1.807) is 0 Å². The summed E-state index contributed by atoms with van der Waals surface area (Å²) in [7, 11) is 0. The summed E-state index contributed by atoms with van der Waals surface area (Å²) >= 11 is 0. The van der Waals surface area contributed by atoms with Crippen molar-refractivity contribution in [3.8, 4) is 0 Å². The van der Waals surface area contributed by atoms with E-state index in [2.05, 4.69) is 16.9 Å². The molecule has 0 saturated heterocycles. The predicted octanol–water partition coefficient (Wildman–Crippen LogP) is 3.30. The minimum absolute atomic E-state index is 0. The first-order chi connectivity index (χ1) is 8.43. The Kier molecular flexibility index (Phi) is 11.3. The van der Waals surface area contributed by atoms with E-state index in [1.165, 1.54) is 5.56 Å². The van der Waals surface area contributed by atoms with Gasteiger partial charge in [-0.2, -0.15) is 35.9 Å². The molecule has 2 rings (SSSR count). The van der Waals surface area contributed by atoms with Gasteiger partial charge in [0, 0.05) is 0 Å². The molecular formula is C15H18FeO2. The molecule has 0 radical (unpaired) electrons. The molecule has 2 aromatic carbocycles. The molecule has 2 nitrogen and oxygen atoms in total. The van der Waals surface area contributed by atoms with Crippen molar-refractivity contribution in [3.05, 3.63) is 60.2 Å². The van der Waals surface area contributed by atoms with Crippen LogP contribution < -0.4 is 0 Å². The molecule has 98 valence electrons. The molecule has 0 bridgehead atoms. The Balaban J connectivity index is 0.000000405. The number of unbranched alkanes of at least 4 members (excludes halogenated alkanes) is 1. The van der Waals surface area contributed by atoms with Crippen molar-refractivity contribution in [1.82, 2.24) is 0 Å². The van der Waals surface area contributed by atoms with Crippen LogP contribution in [0.2, 0.25) is 0 Å². The first-order valence-corrected chi connectivity index (χ1v) is 5.86. The van der Waals surface area contributed by atoms with Gasteiger partial charge in [0.1, 0.15) is 0 Å². The maximum atomic E-state index is 9.77. The summed E-state index contributed by atoms with van der Waals surface area (Å²) in [5.41, 5.74) is 1.36. The van der Waals surface area contributed by atoms with Gasteiger partial charge in [-0.15, -0.1) is 0 Å². The van der Waals surface area contributed by atoms with Crippen molar-refractivity contribution in [3.63, 3.8) is 0 Å². The summed E-state index contributed by atoms with van der Waals surface area (Å²) in [6.45, 7) is 1.05. The summed E-state index contributed by atoms with van der Waals surface area (Å²) in [4.78, 5) is 9.77. The molecule has 18 heavy (non-hydrogen) atoms. The van der Waals surface area contributed by atoms with E-state index < -0.39 is 0 Å². The van der Waals surface area contributed by atoms with E-state index in [0.29, 0.717) is 13.1 Å². The number of aryl methyl sites for hydroxylation is 1. The number of ether oxygens (including phenoxy) is 1. The SMILES string of the molecule is O=COCCCC[c-]1cccc1.[Fe+2].c1cc[cH-]c1. The fraction of sp³-hybridized carbons (Fsp3) is 0.267. The largest absolute Gasteiger partial charge is 2.00 e. The minimum Gasteiger partial charge on any atom is -0.468 e. The molecule has 0 atom stereocenters. The molecule has 0 aliphatic heterocycles. The number of hydrogen-bond donors (Lipinski definition) is 0. The van der Waals surface area contributed by atoms with Crippen molar-refractivity contribution in [2.24, 2.45) is 0 Å². The molecule has 0 aliphatic rings. The third-order valence-electron chi connectivity index (χ3n) is 2.33. The van der Waals surface area contributed by atoms with Crippen LogP contribution in [0.15, 0.2) is 54.6 Å². The first-order valence-electron chi connectivity index (χ1n) is 5.86. The molecule has 0 fully saturated rings. The number of carbonyl (C=O) groups excluding carboxylic acids is 1. The quantitative estimate of drug-likeness (QED) is 0.352. The van der Waals surface area contributed by atoms with Crippen molar-refractivity contribution in [2.75, 3.05) is 6.61 Å². The zero-order chi connectivity index (χ0) is 12.2. The van der Waals surface area contributed by atoms with Gasteiger partial charge in [-0.1, -0.05) is 12.8 Å². The van der Waals surface area contributed by atoms with Crippen LogP contribution in [-0.4, -0.2) is 13.1 Å². The maximum Gasteiger partial charge on any atom is 2.00 e. The fourth-order valence-corrected chi connectivity index (χ4v) is 1.46. The van der Waals surface area contributed by atoms with Crippen LogP contribution in [0.4, 0.5) is 0 Å². The van der Waals surface area contributed by atoms with Crippen molar-refractivity contribution < 1.29 is 26.6 Å². The Morgan fingerprint density at radius 2 is 1.72 bits per heavy atom. The van der Waals surface area contributed by atoms with Gasteiger partial charge < -0.3 is 4.74 Å². The van der Waals surface area contributed by atoms with E-state index in [-0.39, 0.29) is 17.1 Å². The number of carbonyl (C=O) groups is 1. The van der Waals surface area contributed by atoms with E-state index in [9.17, 15) is 4.79 Å². The van der Waals surface area contributed by atoms with Gasteiger partial charge in [0.15, 0.2) is 0 Å². The normalized spacial score (nSPS) is 8.67. The van der Waals surface area contributed by atoms with Crippen LogP contribution in [0, 0.1) is 0 Å². The summed E-state index contributed by atoms with van der Waals surface area (Å²) in [6, 6.07) is 18.3. The van der Waals surface area contributed by atoms with Gasteiger partial charge >= 0.3 is 17.1 Å². The van der Waals surface area contributed by atoms with Gasteiger partial charge in [0.25, 0.3) is 6.47 Å². The van der Waals surface area contributed by atoms with E-state index in [1.807, 2.05) is 42.5 Å². The van der Waals surface area contributed by atoms with Crippen LogP contribution in [-0.2, 0) is 33.0 Å². The smallest absolute Gasteiger partial charge is 0.468 e. The van der Waals surface area contributed by atoms with E-state index in [0.717, 1.165) is 19.3 Å². The van der Waals surface area contributed by atoms with Crippen molar-refractivity contribution in [2.45, 2.75) is 19.3 Å². The molecule has 0 aromatic heterocycles. The molecule has 0 spiro atoms. The van der Waals surface area contributed by atoms with Crippen molar-refractivity contribution >= 4 is 6.47 Å². The summed E-state index contributed by atoms with van der Waals surface area (Å²) in [6.07, 6.45) is 3.11.